The van der Waals surface area contributed by atoms with Gasteiger partial charge in [-0.15, -0.1) is 0 Å². The van der Waals surface area contributed by atoms with Crippen molar-refractivity contribution in [2.45, 2.75) is 0 Å². The summed E-state index contributed by atoms with van der Waals surface area (Å²) < 4.78 is 6.85. The van der Waals surface area contributed by atoms with Crippen molar-refractivity contribution < 1.29 is 9.84 Å². The number of phenols is 1. The number of methoxy groups -OCH3 is 1. The highest BCUT2D eigenvalue weighted by molar-refractivity contribution is 7.71. The van der Waals surface area contributed by atoms with E-state index in [1.807, 2.05) is 12.1 Å². The van der Waals surface area contributed by atoms with E-state index < -0.39 is 0 Å². The zero-order valence-electron chi connectivity index (χ0n) is 12.6. The third kappa shape index (κ3) is 3.32. The summed E-state index contributed by atoms with van der Waals surface area (Å²) in [5, 5.41) is 21.6. The maximum atomic E-state index is 9.82. The molecule has 0 unspecified atom stereocenters. The number of ether oxygens (including phenoxy) is 1. The number of rotatable bonds is 4. The fourth-order valence-corrected chi connectivity index (χ4v) is 2.49. The molecule has 6 nitrogen and oxygen atoms in total. The lowest BCUT2D eigenvalue weighted by Gasteiger charge is -2.04. The minimum atomic E-state index is 0.0345. The molecule has 3 aromatic rings. The van der Waals surface area contributed by atoms with Crippen LogP contribution in [0.5, 0.6) is 11.5 Å². The topological polar surface area (TPSA) is 75.4 Å². The van der Waals surface area contributed by atoms with Crippen LogP contribution < -0.4 is 4.74 Å². The van der Waals surface area contributed by atoms with E-state index in [-0.39, 0.29) is 5.75 Å². The third-order valence-electron chi connectivity index (χ3n) is 3.26. The molecule has 0 aliphatic rings. The van der Waals surface area contributed by atoms with Gasteiger partial charge >= 0.3 is 0 Å². The number of nitrogens with zero attached hydrogens (tertiary/aromatic N) is 3. The molecule has 0 fully saturated rings. The van der Waals surface area contributed by atoms with Crippen LogP contribution in [0.4, 0.5) is 0 Å². The molecule has 0 amide bonds. The first-order valence-electron chi connectivity index (χ1n) is 6.93. The Balaban J connectivity index is 1.97. The lowest BCUT2D eigenvalue weighted by molar-refractivity contribution is 0.373. The Morgan fingerprint density at radius 3 is 2.88 bits per heavy atom. The largest absolute Gasteiger partial charge is 0.504 e. The van der Waals surface area contributed by atoms with Gasteiger partial charge in [0.15, 0.2) is 17.3 Å². The van der Waals surface area contributed by atoms with Crippen molar-refractivity contribution in [3.8, 4) is 22.9 Å². The summed E-state index contributed by atoms with van der Waals surface area (Å²) in [7, 11) is 1.49. The van der Waals surface area contributed by atoms with E-state index in [9.17, 15) is 5.11 Å². The highest BCUT2D eigenvalue weighted by Gasteiger charge is 2.08. The van der Waals surface area contributed by atoms with E-state index in [0.717, 1.165) is 5.56 Å². The molecule has 0 atom stereocenters. The molecule has 1 aromatic heterocycles. The van der Waals surface area contributed by atoms with Crippen molar-refractivity contribution in [1.29, 1.82) is 0 Å². The van der Waals surface area contributed by atoms with Gasteiger partial charge < -0.3 is 9.84 Å². The molecule has 122 valence electrons. The van der Waals surface area contributed by atoms with Crippen molar-refractivity contribution in [3.63, 3.8) is 0 Å². The summed E-state index contributed by atoms with van der Waals surface area (Å²) in [5.74, 6) is 0.968. The molecule has 2 aromatic carbocycles. The predicted octanol–water partition coefficient (Wildman–Crippen LogP) is 3.86. The Kier molecular flexibility index (Phi) is 4.64. The van der Waals surface area contributed by atoms with Gasteiger partial charge in [-0.2, -0.15) is 14.9 Å². The molecule has 3 rings (SSSR count). The normalized spacial score (nSPS) is 11.1. The van der Waals surface area contributed by atoms with Gasteiger partial charge in [-0.1, -0.05) is 23.7 Å². The average molecular weight is 361 g/mol. The Hall–Kier alpha value is -2.64. The van der Waals surface area contributed by atoms with Gasteiger partial charge in [-0.05, 0) is 48.1 Å². The third-order valence-corrected chi connectivity index (χ3v) is 3.76. The second kappa shape index (κ2) is 6.86. The summed E-state index contributed by atoms with van der Waals surface area (Å²) in [6, 6.07) is 12.2. The molecule has 0 spiro atoms. The summed E-state index contributed by atoms with van der Waals surface area (Å²) >= 11 is 11.2. The van der Waals surface area contributed by atoms with Crippen LogP contribution in [0, 0.1) is 4.77 Å². The zero-order valence-corrected chi connectivity index (χ0v) is 14.2. The van der Waals surface area contributed by atoms with E-state index in [2.05, 4.69) is 15.3 Å². The van der Waals surface area contributed by atoms with Crippen LogP contribution in [0.1, 0.15) is 5.56 Å². The predicted molar refractivity (Wildman–Crippen MR) is 95.5 cm³/mol. The van der Waals surface area contributed by atoms with Crippen molar-refractivity contribution in [2.75, 3.05) is 7.11 Å². The fraction of sp³-hybridized carbons (Fsp3) is 0.0625. The number of aromatic amines is 1. The quantitative estimate of drug-likeness (QED) is 0.547. The van der Waals surface area contributed by atoms with Gasteiger partial charge in [0.25, 0.3) is 0 Å². The number of H-pyrrole nitrogens is 1. The SMILES string of the molecule is COc1ccc(/C=N\n2c(-c3cccc(Cl)c3)n[nH]c2=S)cc1O. The van der Waals surface area contributed by atoms with Crippen LogP contribution in [0.3, 0.4) is 0 Å². The Labute approximate surface area is 148 Å². The number of nitrogens with one attached hydrogen (secondary N) is 1. The van der Waals surface area contributed by atoms with E-state index in [1.54, 1.807) is 36.5 Å². The first kappa shape index (κ1) is 16.2. The monoisotopic (exact) mass is 360 g/mol. The highest BCUT2D eigenvalue weighted by atomic mass is 35.5. The van der Waals surface area contributed by atoms with Gasteiger partial charge in [0, 0.05) is 10.6 Å². The van der Waals surface area contributed by atoms with Crippen LogP contribution >= 0.6 is 23.8 Å². The van der Waals surface area contributed by atoms with E-state index >= 15 is 0 Å². The maximum absolute atomic E-state index is 9.82. The highest BCUT2D eigenvalue weighted by Crippen LogP contribution is 2.26. The molecule has 24 heavy (non-hydrogen) atoms. The summed E-state index contributed by atoms with van der Waals surface area (Å²) in [5.41, 5.74) is 1.47. The molecule has 1 heterocycles. The van der Waals surface area contributed by atoms with E-state index in [1.165, 1.54) is 11.8 Å². The minimum absolute atomic E-state index is 0.0345. The Morgan fingerprint density at radius 1 is 1.33 bits per heavy atom. The van der Waals surface area contributed by atoms with E-state index in [0.29, 0.717) is 26.9 Å². The summed E-state index contributed by atoms with van der Waals surface area (Å²) in [4.78, 5) is 0. The molecule has 8 heteroatoms. The van der Waals surface area contributed by atoms with Crippen LogP contribution in [0.25, 0.3) is 11.4 Å². The number of aromatic nitrogens is 3. The average Bonchev–Trinajstić information content (AvgIpc) is 2.94. The fourth-order valence-electron chi connectivity index (χ4n) is 2.12. The lowest BCUT2D eigenvalue weighted by atomic mass is 10.2. The number of hydrogen-bond acceptors (Lipinski definition) is 5. The van der Waals surface area contributed by atoms with Crippen LogP contribution in [0.15, 0.2) is 47.6 Å². The zero-order chi connectivity index (χ0) is 17.1. The lowest BCUT2D eigenvalue weighted by Crippen LogP contribution is -1.95. The van der Waals surface area contributed by atoms with Gasteiger partial charge in [0.05, 0.1) is 13.3 Å². The first-order valence-corrected chi connectivity index (χ1v) is 7.72. The Morgan fingerprint density at radius 2 is 2.17 bits per heavy atom. The van der Waals surface area contributed by atoms with Crippen LogP contribution in [-0.2, 0) is 0 Å². The number of hydrogen-bond donors (Lipinski definition) is 2. The van der Waals surface area contributed by atoms with Gasteiger partial charge in [0.1, 0.15) is 0 Å². The smallest absolute Gasteiger partial charge is 0.216 e. The minimum Gasteiger partial charge on any atom is -0.504 e. The molecular weight excluding hydrogens is 348 g/mol. The van der Waals surface area contributed by atoms with E-state index in [4.69, 9.17) is 28.6 Å². The molecule has 0 aliphatic carbocycles. The first-order chi connectivity index (χ1) is 11.6. The standard InChI is InChI=1S/C16H13ClN4O2S/c1-23-14-6-5-10(7-13(14)22)9-18-21-15(19-20-16(21)24)11-3-2-4-12(17)8-11/h2-9,22H,1H3,(H,20,24)/b18-9-. The Bertz CT molecular complexity index is 965. The number of halogens is 1. The number of phenolic OH excluding ortho intramolecular Hbond substituents is 1. The molecular formula is C16H13ClN4O2S. The second-order valence-electron chi connectivity index (χ2n) is 4.85. The summed E-state index contributed by atoms with van der Waals surface area (Å²) in [6.07, 6.45) is 1.57. The van der Waals surface area contributed by atoms with Crippen molar-refractivity contribution in [1.82, 2.24) is 14.9 Å². The molecule has 0 bridgehead atoms. The second-order valence-corrected chi connectivity index (χ2v) is 5.67. The van der Waals surface area contributed by atoms with Gasteiger partial charge in [-0.3, -0.25) is 0 Å². The summed E-state index contributed by atoms with van der Waals surface area (Å²) in [6.45, 7) is 0. The number of aromatic hydroxyl groups is 1. The van der Waals surface area contributed by atoms with Crippen molar-refractivity contribution in [2.24, 2.45) is 5.10 Å². The van der Waals surface area contributed by atoms with Gasteiger partial charge in [0.2, 0.25) is 4.77 Å². The van der Waals surface area contributed by atoms with Crippen molar-refractivity contribution in [3.05, 3.63) is 57.8 Å². The van der Waals surface area contributed by atoms with Crippen LogP contribution in [-0.4, -0.2) is 33.3 Å². The molecule has 0 radical (unpaired) electrons. The molecule has 0 saturated carbocycles. The van der Waals surface area contributed by atoms with Crippen LogP contribution in [0.2, 0.25) is 5.02 Å². The molecule has 0 aliphatic heterocycles. The van der Waals surface area contributed by atoms with Gasteiger partial charge in [-0.25, -0.2) is 5.10 Å². The van der Waals surface area contributed by atoms with Crippen molar-refractivity contribution >= 4 is 30.0 Å². The maximum Gasteiger partial charge on any atom is 0.216 e. The molecule has 0 saturated heterocycles. The molecule has 2 N–H and O–H groups in total. The number of benzene rings is 2.